The number of rotatable bonds is 5. The Bertz CT molecular complexity index is 386. The molecule has 1 N–H and O–H groups in total. The van der Waals surface area contributed by atoms with E-state index in [2.05, 4.69) is 0 Å². The van der Waals surface area contributed by atoms with Crippen LogP contribution in [0.1, 0.15) is 32.8 Å². The lowest BCUT2D eigenvalue weighted by Crippen LogP contribution is -2.40. The normalized spacial score (nSPS) is 14.6. The molecule has 1 rings (SSSR count). The van der Waals surface area contributed by atoms with E-state index in [0.29, 0.717) is 5.56 Å². The minimum Gasteiger partial charge on any atom is -0.479 e. The van der Waals surface area contributed by atoms with Crippen molar-refractivity contribution in [3.05, 3.63) is 35.6 Å². The van der Waals surface area contributed by atoms with Crippen molar-refractivity contribution in [1.82, 2.24) is 0 Å². The van der Waals surface area contributed by atoms with Crippen LogP contribution in [0.3, 0.4) is 0 Å². The zero-order valence-electron chi connectivity index (χ0n) is 10.2. The second-order valence-electron chi connectivity index (χ2n) is 4.16. The Kier molecular flexibility index (Phi) is 4.23. The van der Waals surface area contributed by atoms with Gasteiger partial charge in [-0.1, -0.05) is 19.1 Å². The first-order valence-corrected chi connectivity index (χ1v) is 5.59. The predicted octanol–water partition coefficient (Wildman–Crippen LogP) is 2.94. The molecule has 0 radical (unpaired) electrons. The molecule has 1 atom stereocenters. The number of halogens is 1. The lowest BCUT2D eigenvalue weighted by Gasteiger charge is -2.31. The Morgan fingerprint density at radius 2 is 1.94 bits per heavy atom. The summed E-state index contributed by atoms with van der Waals surface area (Å²) in [7, 11) is 0. The van der Waals surface area contributed by atoms with Gasteiger partial charge in [0, 0.05) is 0 Å². The van der Waals surface area contributed by atoms with E-state index in [-0.39, 0.29) is 12.5 Å². The van der Waals surface area contributed by atoms with Gasteiger partial charge in [0.05, 0.1) is 6.10 Å². The third-order valence-electron chi connectivity index (χ3n) is 2.59. The molecule has 1 aromatic rings. The minimum atomic E-state index is -1.40. The molecule has 1 aromatic carbocycles. The summed E-state index contributed by atoms with van der Waals surface area (Å²) in [4.78, 5) is 11.5. The quantitative estimate of drug-likeness (QED) is 0.860. The molecule has 0 amide bonds. The monoisotopic (exact) mass is 240 g/mol. The van der Waals surface area contributed by atoms with Gasteiger partial charge in [-0.25, -0.2) is 9.18 Å². The number of aliphatic carboxylic acids is 1. The molecule has 0 aliphatic rings. The molecule has 3 nitrogen and oxygen atoms in total. The Hall–Kier alpha value is -1.42. The Morgan fingerprint density at radius 3 is 2.29 bits per heavy atom. The molecule has 1 unspecified atom stereocenters. The summed E-state index contributed by atoms with van der Waals surface area (Å²) in [6.45, 7) is 5.29. The van der Waals surface area contributed by atoms with E-state index in [0.717, 1.165) is 0 Å². The fraction of sp³-hybridized carbons (Fsp3) is 0.462. The van der Waals surface area contributed by atoms with Crippen molar-refractivity contribution in [2.24, 2.45) is 0 Å². The van der Waals surface area contributed by atoms with Crippen molar-refractivity contribution < 1.29 is 19.0 Å². The highest BCUT2D eigenvalue weighted by molar-refractivity contribution is 5.79. The number of hydrogen-bond donors (Lipinski definition) is 1. The summed E-state index contributed by atoms with van der Waals surface area (Å²) in [6.07, 6.45) is 0.0580. The molecule has 0 aliphatic heterocycles. The first-order chi connectivity index (χ1) is 7.92. The zero-order valence-corrected chi connectivity index (χ0v) is 10.2. The first-order valence-electron chi connectivity index (χ1n) is 5.59. The van der Waals surface area contributed by atoms with Crippen LogP contribution < -0.4 is 0 Å². The van der Waals surface area contributed by atoms with Crippen molar-refractivity contribution in [2.75, 3.05) is 0 Å². The fourth-order valence-corrected chi connectivity index (χ4v) is 1.80. The summed E-state index contributed by atoms with van der Waals surface area (Å²) in [6, 6.07) is 5.39. The van der Waals surface area contributed by atoms with E-state index in [1.165, 1.54) is 24.3 Å². The second kappa shape index (κ2) is 5.27. The van der Waals surface area contributed by atoms with Gasteiger partial charge in [-0.05, 0) is 38.0 Å². The van der Waals surface area contributed by atoms with Gasteiger partial charge in [-0.15, -0.1) is 0 Å². The van der Waals surface area contributed by atoms with E-state index >= 15 is 0 Å². The molecule has 0 fully saturated rings. The highest BCUT2D eigenvalue weighted by Gasteiger charge is 2.40. The van der Waals surface area contributed by atoms with Crippen LogP contribution in [0, 0.1) is 5.82 Å². The number of benzene rings is 1. The predicted molar refractivity (Wildman–Crippen MR) is 62.2 cm³/mol. The molecule has 17 heavy (non-hydrogen) atoms. The molecule has 0 bridgehead atoms. The number of ether oxygens (including phenoxy) is 1. The maximum atomic E-state index is 12.9. The molecular formula is C13H17FO3. The largest absolute Gasteiger partial charge is 0.479 e. The SMILES string of the molecule is CCC(OC(C)C)(C(=O)O)c1ccc(F)cc1. The molecule has 0 saturated heterocycles. The highest BCUT2D eigenvalue weighted by atomic mass is 19.1. The molecular weight excluding hydrogens is 223 g/mol. The Labute approximate surface area is 100 Å². The van der Waals surface area contributed by atoms with Crippen molar-refractivity contribution in [2.45, 2.75) is 38.9 Å². The van der Waals surface area contributed by atoms with Gasteiger partial charge in [0.25, 0.3) is 0 Å². The van der Waals surface area contributed by atoms with Crippen LogP contribution in [-0.4, -0.2) is 17.2 Å². The van der Waals surface area contributed by atoms with Gasteiger partial charge in [-0.2, -0.15) is 0 Å². The van der Waals surface area contributed by atoms with E-state index in [1.54, 1.807) is 20.8 Å². The van der Waals surface area contributed by atoms with Crippen molar-refractivity contribution in [3.63, 3.8) is 0 Å². The minimum absolute atomic E-state index is 0.226. The Balaban J connectivity index is 3.21. The molecule has 0 aromatic heterocycles. The summed E-state index contributed by atoms with van der Waals surface area (Å²) in [5.74, 6) is -1.45. The number of carbonyl (C=O) groups is 1. The van der Waals surface area contributed by atoms with E-state index in [4.69, 9.17) is 4.74 Å². The van der Waals surface area contributed by atoms with E-state index in [1.807, 2.05) is 0 Å². The van der Waals surface area contributed by atoms with Gasteiger partial charge >= 0.3 is 5.97 Å². The average Bonchev–Trinajstić information content (AvgIpc) is 2.26. The molecule has 94 valence electrons. The van der Waals surface area contributed by atoms with Gasteiger partial charge in [0.2, 0.25) is 0 Å². The number of carboxylic acid groups (broad SMARTS) is 1. The van der Waals surface area contributed by atoms with Gasteiger partial charge in [-0.3, -0.25) is 0 Å². The Morgan fingerprint density at radius 1 is 1.41 bits per heavy atom. The maximum Gasteiger partial charge on any atom is 0.340 e. The van der Waals surface area contributed by atoms with Crippen LogP contribution in [0.25, 0.3) is 0 Å². The van der Waals surface area contributed by atoms with E-state index in [9.17, 15) is 14.3 Å². The summed E-state index contributed by atoms with van der Waals surface area (Å²) in [5, 5.41) is 9.38. The van der Waals surface area contributed by atoms with E-state index < -0.39 is 17.4 Å². The summed E-state index contributed by atoms with van der Waals surface area (Å²) in [5.41, 5.74) is -0.940. The zero-order chi connectivity index (χ0) is 13.1. The van der Waals surface area contributed by atoms with Crippen LogP contribution in [0.2, 0.25) is 0 Å². The third-order valence-corrected chi connectivity index (χ3v) is 2.59. The van der Waals surface area contributed by atoms with Crippen LogP contribution in [0.4, 0.5) is 4.39 Å². The number of carboxylic acids is 1. The smallest absolute Gasteiger partial charge is 0.340 e. The van der Waals surface area contributed by atoms with Crippen LogP contribution in [0.15, 0.2) is 24.3 Å². The molecule has 0 saturated carbocycles. The molecule has 0 aliphatic carbocycles. The maximum absolute atomic E-state index is 12.9. The second-order valence-corrected chi connectivity index (χ2v) is 4.16. The van der Waals surface area contributed by atoms with Crippen molar-refractivity contribution in [1.29, 1.82) is 0 Å². The topological polar surface area (TPSA) is 46.5 Å². The summed E-state index contributed by atoms with van der Waals surface area (Å²) < 4.78 is 18.4. The van der Waals surface area contributed by atoms with Crippen molar-refractivity contribution in [3.8, 4) is 0 Å². The standard InChI is InChI=1S/C13H17FO3/c1-4-13(12(15)16,17-9(2)3)10-5-7-11(14)8-6-10/h5-9H,4H2,1-3H3,(H,15,16). The van der Waals surface area contributed by atoms with Gasteiger partial charge < -0.3 is 9.84 Å². The summed E-state index contributed by atoms with van der Waals surface area (Å²) >= 11 is 0. The van der Waals surface area contributed by atoms with Crippen LogP contribution in [0.5, 0.6) is 0 Å². The lowest BCUT2D eigenvalue weighted by atomic mass is 9.90. The highest BCUT2D eigenvalue weighted by Crippen LogP contribution is 2.31. The molecule has 4 heteroatoms. The van der Waals surface area contributed by atoms with Gasteiger partial charge in [0.1, 0.15) is 5.82 Å². The van der Waals surface area contributed by atoms with Crippen LogP contribution >= 0.6 is 0 Å². The third kappa shape index (κ3) is 2.82. The molecule has 0 heterocycles. The molecule has 0 spiro atoms. The first kappa shape index (κ1) is 13.6. The average molecular weight is 240 g/mol. The van der Waals surface area contributed by atoms with Crippen molar-refractivity contribution >= 4 is 5.97 Å². The lowest BCUT2D eigenvalue weighted by molar-refractivity contribution is -0.174. The fourth-order valence-electron chi connectivity index (χ4n) is 1.80. The van der Waals surface area contributed by atoms with Crippen LogP contribution in [-0.2, 0) is 15.1 Å². The van der Waals surface area contributed by atoms with Gasteiger partial charge in [0.15, 0.2) is 5.60 Å². The number of hydrogen-bond acceptors (Lipinski definition) is 2.